The van der Waals surface area contributed by atoms with Crippen molar-refractivity contribution >= 4 is 17.1 Å². The zero-order valence-corrected chi connectivity index (χ0v) is 11.0. The molecule has 1 saturated heterocycles. The van der Waals surface area contributed by atoms with Crippen LogP contribution in [0.4, 0.5) is 21.5 Å². The maximum atomic E-state index is 12.9. The molecule has 2 aromatic rings. The van der Waals surface area contributed by atoms with Gasteiger partial charge in [-0.2, -0.15) is 0 Å². The third-order valence-electron chi connectivity index (χ3n) is 3.67. The molecule has 0 unspecified atom stereocenters. The van der Waals surface area contributed by atoms with Gasteiger partial charge < -0.3 is 10.2 Å². The Hall–Kier alpha value is -2.17. The lowest BCUT2D eigenvalue weighted by Crippen LogP contribution is -2.44. The molecule has 1 fully saturated rings. The van der Waals surface area contributed by atoms with E-state index in [1.54, 1.807) is 12.1 Å². The summed E-state index contributed by atoms with van der Waals surface area (Å²) in [7, 11) is 0. The molecule has 20 heavy (non-hydrogen) atoms. The molecule has 0 amide bonds. The van der Waals surface area contributed by atoms with Crippen LogP contribution in [0.3, 0.4) is 0 Å². The third kappa shape index (κ3) is 2.19. The summed E-state index contributed by atoms with van der Waals surface area (Å²) in [5.74, 6) is -0.336. The highest BCUT2D eigenvalue weighted by atomic mass is 19.1. The fourth-order valence-electron chi connectivity index (χ4n) is 2.59. The number of anilines is 3. The van der Waals surface area contributed by atoms with Crippen LogP contribution >= 0.6 is 0 Å². The van der Waals surface area contributed by atoms with Crippen molar-refractivity contribution in [1.82, 2.24) is 0 Å². The summed E-state index contributed by atoms with van der Waals surface area (Å²) >= 11 is 0. The van der Waals surface area contributed by atoms with Crippen molar-refractivity contribution in [2.45, 2.75) is 19.3 Å². The van der Waals surface area contributed by atoms with Gasteiger partial charge in [-0.05, 0) is 43.5 Å². The molecule has 0 aromatic heterocycles. The van der Waals surface area contributed by atoms with Gasteiger partial charge in [0.15, 0.2) is 0 Å². The largest absolute Gasteiger partial charge is 0.366 e. The van der Waals surface area contributed by atoms with Crippen molar-refractivity contribution in [2.75, 3.05) is 23.3 Å². The topological polar surface area (TPSA) is 49.4 Å². The van der Waals surface area contributed by atoms with E-state index in [4.69, 9.17) is 0 Å². The molecule has 0 spiro atoms. The van der Waals surface area contributed by atoms with Crippen molar-refractivity contribution in [3.63, 3.8) is 0 Å². The van der Waals surface area contributed by atoms with Crippen LogP contribution in [0.1, 0.15) is 19.3 Å². The summed E-state index contributed by atoms with van der Waals surface area (Å²) in [5, 5.41) is 2.93. The minimum absolute atomic E-state index is 0.336. The summed E-state index contributed by atoms with van der Waals surface area (Å²) in [6.07, 6.45) is 3.23. The number of hydrogen-bond acceptors (Lipinski definition) is 4. The first-order valence-electron chi connectivity index (χ1n) is 6.77. The second kappa shape index (κ2) is 5.07. The van der Waals surface area contributed by atoms with Gasteiger partial charge in [-0.25, -0.2) is 4.39 Å². The quantitative estimate of drug-likeness (QED) is 0.871. The zero-order valence-electron chi connectivity index (χ0n) is 11.0. The molecule has 104 valence electrons. The molecule has 1 aliphatic heterocycles. The first kappa shape index (κ1) is 12.8. The molecule has 1 N–H and O–H groups in total. The second-order valence-electron chi connectivity index (χ2n) is 5.06. The average molecular weight is 274 g/mol. The van der Waals surface area contributed by atoms with Crippen molar-refractivity contribution in [2.24, 2.45) is 0 Å². The SMILES string of the molecule is O=c1c(Nc2ccc(F)cc2)c(N2CCCCC2)c1=O. The van der Waals surface area contributed by atoms with Gasteiger partial charge in [0.25, 0.3) is 10.9 Å². The molecule has 0 aliphatic carbocycles. The number of hydrogen-bond donors (Lipinski definition) is 1. The van der Waals surface area contributed by atoms with Gasteiger partial charge in [0.1, 0.15) is 17.2 Å². The van der Waals surface area contributed by atoms with E-state index in [1.165, 1.54) is 12.1 Å². The van der Waals surface area contributed by atoms with Crippen LogP contribution in [-0.4, -0.2) is 13.1 Å². The van der Waals surface area contributed by atoms with E-state index in [0.717, 1.165) is 32.4 Å². The van der Waals surface area contributed by atoms with Gasteiger partial charge >= 0.3 is 0 Å². The Bertz CT molecular complexity index is 681. The Kier molecular flexibility index (Phi) is 3.26. The molecular weight excluding hydrogens is 259 g/mol. The van der Waals surface area contributed by atoms with E-state index in [2.05, 4.69) is 5.32 Å². The average Bonchev–Trinajstić information content (AvgIpc) is 2.49. The summed E-state index contributed by atoms with van der Waals surface area (Å²) in [5.41, 5.74) is 0.519. The minimum atomic E-state index is -0.491. The fraction of sp³-hybridized carbons (Fsp3) is 0.333. The van der Waals surface area contributed by atoms with Gasteiger partial charge in [0, 0.05) is 18.8 Å². The lowest BCUT2D eigenvalue weighted by Gasteiger charge is -2.30. The second-order valence-corrected chi connectivity index (χ2v) is 5.06. The number of nitrogens with one attached hydrogen (secondary N) is 1. The first-order chi connectivity index (χ1) is 9.66. The normalized spacial score (nSPS) is 15.6. The number of benzene rings is 1. The first-order valence-corrected chi connectivity index (χ1v) is 6.77. The Morgan fingerprint density at radius 3 is 2.25 bits per heavy atom. The zero-order chi connectivity index (χ0) is 14.1. The van der Waals surface area contributed by atoms with Crippen LogP contribution in [0, 0.1) is 5.82 Å². The smallest absolute Gasteiger partial charge is 0.253 e. The molecule has 2 aromatic carbocycles. The van der Waals surface area contributed by atoms with E-state index in [9.17, 15) is 14.0 Å². The standard InChI is InChI=1S/C15H15FN2O2/c16-10-4-6-11(7-5-10)17-12-13(15(20)14(12)19)18-8-2-1-3-9-18/h4-7,17H,1-3,8-9H2. The number of rotatable bonds is 3. The molecular formula is C15H15FN2O2. The predicted molar refractivity (Wildman–Crippen MR) is 77.1 cm³/mol. The van der Waals surface area contributed by atoms with Gasteiger partial charge in [-0.15, -0.1) is 0 Å². The maximum absolute atomic E-state index is 12.9. The van der Waals surface area contributed by atoms with Crippen molar-refractivity contribution in [1.29, 1.82) is 0 Å². The van der Waals surface area contributed by atoms with Crippen LogP contribution in [0.5, 0.6) is 0 Å². The van der Waals surface area contributed by atoms with Crippen LogP contribution in [0.15, 0.2) is 33.9 Å². The van der Waals surface area contributed by atoms with Gasteiger partial charge in [-0.1, -0.05) is 0 Å². The van der Waals surface area contributed by atoms with Crippen LogP contribution in [0.25, 0.3) is 0 Å². The number of nitrogens with zero attached hydrogens (tertiary/aromatic N) is 1. The number of halogens is 1. The fourth-order valence-corrected chi connectivity index (χ4v) is 2.59. The Balaban J connectivity index is 1.86. The third-order valence-corrected chi connectivity index (χ3v) is 3.67. The van der Waals surface area contributed by atoms with E-state index < -0.39 is 10.9 Å². The van der Waals surface area contributed by atoms with E-state index >= 15 is 0 Å². The van der Waals surface area contributed by atoms with Crippen LogP contribution < -0.4 is 21.1 Å². The van der Waals surface area contributed by atoms with Crippen LogP contribution in [-0.2, 0) is 0 Å². The molecule has 0 bridgehead atoms. The molecule has 1 heterocycles. The van der Waals surface area contributed by atoms with E-state index in [1.807, 2.05) is 4.90 Å². The Morgan fingerprint density at radius 1 is 0.950 bits per heavy atom. The highest BCUT2D eigenvalue weighted by molar-refractivity contribution is 5.79. The Labute approximate surface area is 115 Å². The Morgan fingerprint density at radius 2 is 1.60 bits per heavy atom. The van der Waals surface area contributed by atoms with Crippen LogP contribution in [0.2, 0.25) is 0 Å². The van der Waals surface area contributed by atoms with Crippen molar-refractivity contribution < 1.29 is 4.39 Å². The maximum Gasteiger partial charge on any atom is 0.253 e. The van der Waals surface area contributed by atoms with Gasteiger partial charge in [-0.3, -0.25) is 9.59 Å². The van der Waals surface area contributed by atoms with Crippen molar-refractivity contribution in [3.05, 3.63) is 50.5 Å². The summed E-state index contributed by atoms with van der Waals surface area (Å²) in [6.45, 7) is 1.62. The van der Waals surface area contributed by atoms with Gasteiger partial charge in [0.05, 0.1) is 0 Å². The van der Waals surface area contributed by atoms with Crippen molar-refractivity contribution in [3.8, 4) is 0 Å². The molecule has 1 aliphatic rings. The monoisotopic (exact) mass is 274 g/mol. The highest BCUT2D eigenvalue weighted by Crippen LogP contribution is 2.26. The summed E-state index contributed by atoms with van der Waals surface area (Å²) in [6, 6.07) is 5.72. The molecule has 0 radical (unpaired) electrons. The molecule has 5 heteroatoms. The van der Waals surface area contributed by atoms with Gasteiger partial charge in [0.2, 0.25) is 0 Å². The molecule has 4 nitrogen and oxygen atoms in total. The minimum Gasteiger partial charge on any atom is -0.366 e. The lowest BCUT2D eigenvalue weighted by molar-refractivity contribution is 0.576. The summed E-state index contributed by atoms with van der Waals surface area (Å²) in [4.78, 5) is 25.5. The predicted octanol–water partition coefficient (Wildman–Crippen LogP) is 2.16. The lowest BCUT2D eigenvalue weighted by atomic mass is 10.1. The molecule has 0 atom stereocenters. The highest BCUT2D eigenvalue weighted by Gasteiger charge is 2.26. The van der Waals surface area contributed by atoms with E-state index in [0.29, 0.717) is 17.1 Å². The summed E-state index contributed by atoms with van der Waals surface area (Å²) < 4.78 is 12.9. The van der Waals surface area contributed by atoms with E-state index in [-0.39, 0.29) is 5.82 Å². The molecule has 0 saturated carbocycles. The molecule has 3 rings (SSSR count). The number of piperidine rings is 1.